The Morgan fingerprint density at radius 2 is 1.97 bits per heavy atom. The second-order valence-corrected chi connectivity index (χ2v) is 9.25. The van der Waals surface area contributed by atoms with E-state index in [1.54, 1.807) is 25.2 Å². The molecule has 31 heavy (non-hydrogen) atoms. The maximum absolute atomic E-state index is 13.0. The molecule has 0 saturated carbocycles. The Labute approximate surface area is 185 Å². The molecule has 0 bridgehead atoms. The normalized spacial score (nSPS) is 26.3. The zero-order chi connectivity index (χ0) is 21.8. The summed E-state index contributed by atoms with van der Waals surface area (Å²) in [5, 5.41) is 0. The summed E-state index contributed by atoms with van der Waals surface area (Å²) < 4.78 is 5.66. The van der Waals surface area contributed by atoms with Crippen LogP contribution in [0.1, 0.15) is 56.6 Å². The Bertz CT molecular complexity index is 774. The van der Waals surface area contributed by atoms with Gasteiger partial charge in [-0.05, 0) is 44.6 Å². The number of hydrogen-bond donors (Lipinski definition) is 0. The van der Waals surface area contributed by atoms with Crippen molar-refractivity contribution in [2.24, 2.45) is 5.92 Å². The van der Waals surface area contributed by atoms with E-state index in [0.717, 1.165) is 63.4 Å². The molecule has 0 radical (unpaired) electrons. The first-order valence-electron chi connectivity index (χ1n) is 11.7. The molecule has 4 heterocycles. The SMILES string of the molecule is CN(C)C(=O)[C@H]1CN(C(=O)CCC2CCCO2)C[C@@H]1c1ccnc(N2CCCCC2)n1. The number of carbonyl (C=O) groups is 2. The van der Waals surface area contributed by atoms with Crippen LogP contribution in [0.25, 0.3) is 0 Å². The molecule has 3 aliphatic rings. The van der Waals surface area contributed by atoms with Crippen molar-refractivity contribution in [1.82, 2.24) is 19.8 Å². The van der Waals surface area contributed by atoms with Crippen molar-refractivity contribution < 1.29 is 14.3 Å². The third-order valence-corrected chi connectivity index (χ3v) is 6.82. The molecule has 8 nitrogen and oxygen atoms in total. The molecule has 1 aromatic rings. The maximum Gasteiger partial charge on any atom is 0.227 e. The van der Waals surface area contributed by atoms with Crippen molar-refractivity contribution >= 4 is 17.8 Å². The highest BCUT2D eigenvalue weighted by Gasteiger charge is 2.42. The lowest BCUT2D eigenvalue weighted by molar-refractivity contribution is -0.134. The second kappa shape index (κ2) is 9.94. The van der Waals surface area contributed by atoms with E-state index in [0.29, 0.717) is 19.5 Å². The van der Waals surface area contributed by atoms with Gasteiger partial charge in [-0.15, -0.1) is 0 Å². The third-order valence-electron chi connectivity index (χ3n) is 6.82. The van der Waals surface area contributed by atoms with Gasteiger partial charge in [-0.2, -0.15) is 0 Å². The van der Waals surface area contributed by atoms with Crippen molar-refractivity contribution in [3.05, 3.63) is 18.0 Å². The van der Waals surface area contributed by atoms with Crippen LogP contribution in [-0.2, 0) is 14.3 Å². The first kappa shape index (κ1) is 22.0. The first-order chi connectivity index (χ1) is 15.0. The van der Waals surface area contributed by atoms with E-state index in [2.05, 4.69) is 9.88 Å². The van der Waals surface area contributed by atoms with E-state index in [1.807, 2.05) is 11.0 Å². The first-order valence-corrected chi connectivity index (χ1v) is 11.7. The fourth-order valence-corrected chi connectivity index (χ4v) is 5.02. The van der Waals surface area contributed by atoms with E-state index in [-0.39, 0.29) is 29.8 Å². The minimum absolute atomic E-state index is 0.0533. The van der Waals surface area contributed by atoms with E-state index >= 15 is 0 Å². The number of carbonyl (C=O) groups excluding carboxylic acids is 2. The van der Waals surface area contributed by atoms with Crippen molar-refractivity contribution in [2.45, 2.75) is 57.0 Å². The number of hydrogen-bond acceptors (Lipinski definition) is 6. The fraction of sp³-hybridized carbons (Fsp3) is 0.739. The van der Waals surface area contributed by atoms with Crippen molar-refractivity contribution in [2.75, 3.05) is 51.8 Å². The number of aromatic nitrogens is 2. The Kier molecular flexibility index (Phi) is 7.05. The molecule has 3 saturated heterocycles. The Morgan fingerprint density at radius 1 is 1.16 bits per heavy atom. The number of likely N-dealkylation sites (tertiary alicyclic amines) is 1. The summed E-state index contributed by atoms with van der Waals surface area (Å²) in [7, 11) is 3.56. The zero-order valence-corrected chi connectivity index (χ0v) is 18.8. The summed E-state index contributed by atoms with van der Waals surface area (Å²) in [5.74, 6) is 0.535. The predicted molar refractivity (Wildman–Crippen MR) is 118 cm³/mol. The summed E-state index contributed by atoms with van der Waals surface area (Å²) >= 11 is 0. The van der Waals surface area contributed by atoms with Gasteiger partial charge in [-0.25, -0.2) is 9.97 Å². The van der Waals surface area contributed by atoms with Gasteiger partial charge in [0.25, 0.3) is 0 Å². The predicted octanol–water partition coefficient (Wildman–Crippen LogP) is 2.06. The molecule has 0 aliphatic carbocycles. The number of nitrogens with zero attached hydrogens (tertiary/aromatic N) is 5. The Hall–Kier alpha value is -2.22. The molecule has 4 rings (SSSR count). The van der Waals surface area contributed by atoms with E-state index < -0.39 is 0 Å². The lowest BCUT2D eigenvalue weighted by Gasteiger charge is -2.27. The van der Waals surface area contributed by atoms with E-state index in [1.165, 1.54) is 6.42 Å². The molecule has 1 aromatic heterocycles. The van der Waals surface area contributed by atoms with Crippen LogP contribution in [0.4, 0.5) is 5.95 Å². The summed E-state index contributed by atoms with van der Waals surface area (Å²) in [6.45, 7) is 3.74. The van der Waals surface area contributed by atoms with E-state index in [9.17, 15) is 9.59 Å². The molecular formula is C23H35N5O3. The number of rotatable bonds is 6. The largest absolute Gasteiger partial charge is 0.378 e. The van der Waals surface area contributed by atoms with Crippen molar-refractivity contribution in [3.8, 4) is 0 Å². The highest BCUT2D eigenvalue weighted by atomic mass is 16.5. The van der Waals surface area contributed by atoms with Crippen LogP contribution in [0.15, 0.2) is 12.3 Å². The molecule has 1 unspecified atom stereocenters. The van der Waals surface area contributed by atoms with Crippen LogP contribution in [0.2, 0.25) is 0 Å². The van der Waals surface area contributed by atoms with Crippen molar-refractivity contribution in [3.63, 3.8) is 0 Å². The van der Waals surface area contributed by atoms with Gasteiger partial charge in [0.15, 0.2) is 0 Å². The quantitative estimate of drug-likeness (QED) is 0.689. The Morgan fingerprint density at radius 3 is 2.68 bits per heavy atom. The van der Waals surface area contributed by atoms with Crippen molar-refractivity contribution in [1.29, 1.82) is 0 Å². The van der Waals surface area contributed by atoms with Gasteiger partial charge in [0, 0.05) is 65.4 Å². The van der Waals surface area contributed by atoms with Crippen LogP contribution >= 0.6 is 0 Å². The van der Waals surface area contributed by atoms with E-state index in [4.69, 9.17) is 9.72 Å². The van der Waals surface area contributed by atoms with Crippen LogP contribution in [0.3, 0.4) is 0 Å². The number of anilines is 1. The molecule has 0 aromatic carbocycles. The molecule has 8 heteroatoms. The number of piperidine rings is 1. The topological polar surface area (TPSA) is 78.9 Å². The van der Waals surface area contributed by atoms with Gasteiger partial charge in [-0.1, -0.05) is 0 Å². The van der Waals surface area contributed by atoms with Gasteiger partial charge in [0.1, 0.15) is 0 Å². The van der Waals surface area contributed by atoms with Gasteiger partial charge < -0.3 is 19.4 Å². The van der Waals surface area contributed by atoms with Crippen LogP contribution in [0, 0.1) is 5.92 Å². The van der Waals surface area contributed by atoms with Gasteiger partial charge in [0.2, 0.25) is 17.8 Å². The number of amides is 2. The molecule has 2 amide bonds. The monoisotopic (exact) mass is 429 g/mol. The third kappa shape index (κ3) is 5.17. The summed E-state index contributed by atoms with van der Waals surface area (Å²) in [4.78, 5) is 41.0. The lowest BCUT2D eigenvalue weighted by atomic mass is 9.91. The molecule has 0 N–H and O–H groups in total. The molecule has 3 aliphatic heterocycles. The summed E-state index contributed by atoms with van der Waals surface area (Å²) in [6.07, 6.45) is 8.93. The Balaban J connectivity index is 1.48. The molecule has 3 fully saturated rings. The fourth-order valence-electron chi connectivity index (χ4n) is 5.02. The number of ether oxygens (including phenoxy) is 1. The van der Waals surface area contributed by atoms with Crippen LogP contribution < -0.4 is 4.90 Å². The minimum atomic E-state index is -0.272. The molecule has 170 valence electrons. The maximum atomic E-state index is 13.0. The van der Waals surface area contributed by atoms with Gasteiger partial charge in [-0.3, -0.25) is 9.59 Å². The highest BCUT2D eigenvalue weighted by Crippen LogP contribution is 2.34. The average molecular weight is 430 g/mol. The van der Waals surface area contributed by atoms with Crippen LogP contribution in [0.5, 0.6) is 0 Å². The molecular weight excluding hydrogens is 394 g/mol. The van der Waals surface area contributed by atoms with Crippen LogP contribution in [-0.4, -0.2) is 84.6 Å². The summed E-state index contributed by atoms with van der Waals surface area (Å²) in [5.41, 5.74) is 0.866. The second-order valence-electron chi connectivity index (χ2n) is 9.25. The minimum Gasteiger partial charge on any atom is -0.378 e. The molecule has 0 spiro atoms. The van der Waals surface area contributed by atoms with Gasteiger partial charge in [0.05, 0.1) is 17.7 Å². The smallest absolute Gasteiger partial charge is 0.227 e. The standard InChI is InChI=1S/C23H35N5O3/c1-26(2)22(30)19-16-28(21(29)9-8-17-7-6-14-31-17)15-18(19)20-10-11-24-23(25-20)27-12-4-3-5-13-27/h10-11,17-19H,3-9,12-16H2,1-2H3/t17?,18-,19-/m0/s1. The van der Waals surface area contributed by atoms with Gasteiger partial charge >= 0.3 is 0 Å². The zero-order valence-electron chi connectivity index (χ0n) is 18.8. The average Bonchev–Trinajstić information content (AvgIpc) is 3.48. The molecule has 3 atom stereocenters. The lowest BCUT2D eigenvalue weighted by Crippen LogP contribution is -2.35. The summed E-state index contributed by atoms with van der Waals surface area (Å²) in [6, 6.07) is 1.91. The highest BCUT2D eigenvalue weighted by molar-refractivity contribution is 5.83.